The Balaban J connectivity index is 1.63. The second-order valence-electron chi connectivity index (χ2n) is 5.82. The summed E-state index contributed by atoms with van der Waals surface area (Å²) in [7, 11) is 0. The number of nitrogens with zero attached hydrogens (tertiary/aromatic N) is 3. The predicted octanol–water partition coefficient (Wildman–Crippen LogP) is 4.67. The van der Waals surface area contributed by atoms with Gasteiger partial charge in [0.1, 0.15) is 5.56 Å². The number of carbonyl (C=O) groups is 1. The van der Waals surface area contributed by atoms with Gasteiger partial charge in [-0.05, 0) is 18.1 Å². The molecule has 0 unspecified atom stereocenters. The molecule has 2 aromatic carbocycles. The lowest BCUT2D eigenvalue weighted by Gasteiger charge is -2.03. The molecule has 6 heteroatoms. The summed E-state index contributed by atoms with van der Waals surface area (Å²) in [6.07, 6.45) is 1.35. The van der Waals surface area contributed by atoms with Crippen LogP contribution < -0.4 is 0 Å². The van der Waals surface area contributed by atoms with Crippen molar-refractivity contribution in [2.45, 2.75) is 6.92 Å². The zero-order valence-electron chi connectivity index (χ0n) is 14.0. The molecule has 1 N–H and O–H groups in total. The van der Waals surface area contributed by atoms with Crippen LogP contribution in [0.4, 0.5) is 0 Å². The molecule has 2 heterocycles. The minimum atomic E-state index is -0.984. The van der Waals surface area contributed by atoms with E-state index in [1.54, 1.807) is 11.6 Å². The maximum Gasteiger partial charge on any atom is 0.339 e. The van der Waals surface area contributed by atoms with Gasteiger partial charge in [-0.3, -0.25) is 0 Å². The van der Waals surface area contributed by atoms with Gasteiger partial charge in [0.05, 0.1) is 17.6 Å². The van der Waals surface area contributed by atoms with Crippen LogP contribution in [0.3, 0.4) is 0 Å². The van der Waals surface area contributed by atoms with E-state index in [9.17, 15) is 4.79 Å². The average molecular weight is 361 g/mol. The summed E-state index contributed by atoms with van der Waals surface area (Å²) in [5.41, 5.74) is 4.93. The summed E-state index contributed by atoms with van der Waals surface area (Å²) in [5.74, 6) is -0.984. The Labute approximate surface area is 154 Å². The molecule has 128 valence electrons. The van der Waals surface area contributed by atoms with Crippen LogP contribution in [0, 0.1) is 6.92 Å². The van der Waals surface area contributed by atoms with Crippen LogP contribution >= 0.6 is 11.3 Å². The highest BCUT2D eigenvalue weighted by Gasteiger charge is 2.16. The Kier molecular flexibility index (Phi) is 4.10. The Bertz CT molecular complexity index is 1070. The molecule has 0 bridgehead atoms. The number of rotatable bonds is 4. The molecule has 0 aliphatic rings. The van der Waals surface area contributed by atoms with Gasteiger partial charge in [0.15, 0.2) is 0 Å². The molecule has 0 atom stereocenters. The molecule has 26 heavy (non-hydrogen) atoms. The summed E-state index contributed by atoms with van der Waals surface area (Å²) in [4.78, 5) is 15.8. The lowest BCUT2D eigenvalue weighted by molar-refractivity contribution is 0.0696. The summed E-state index contributed by atoms with van der Waals surface area (Å²) in [5, 5.41) is 15.9. The van der Waals surface area contributed by atoms with Gasteiger partial charge in [-0.25, -0.2) is 14.5 Å². The largest absolute Gasteiger partial charge is 0.478 e. The SMILES string of the molecule is Cc1c(C(=O)O)cnn1-c1nc(-c2ccc(-c3ccccc3)cc2)cs1. The van der Waals surface area contributed by atoms with E-state index < -0.39 is 5.97 Å². The molecule has 0 fully saturated rings. The van der Waals surface area contributed by atoms with Gasteiger partial charge in [-0.15, -0.1) is 11.3 Å². The van der Waals surface area contributed by atoms with Crippen LogP contribution in [0.15, 0.2) is 66.2 Å². The monoisotopic (exact) mass is 361 g/mol. The third kappa shape index (κ3) is 2.91. The summed E-state index contributed by atoms with van der Waals surface area (Å²) >= 11 is 1.43. The molecule has 0 saturated heterocycles. The van der Waals surface area contributed by atoms with Gasteiger partial charge in [-0.1, -0.05) is 54.6 Å². The minimum Gasteiger partial charge on any atom is -0.478 e. The smallest absolute Gasteiger partial charge is 0.339 e. The number of aromatic nitrogens is 3. The molecule has 0 aliphatic carbocycles. The standard InChI is InChI=1S/C20H15N3O2S/c1-13-17(19(24)25)11-21-23(13)20-22-18(12-26-20)16-9-7-15(8-10-16)14-5-3-2-4-6-14/h2-12H,1H3,(H,24,25). The van der Waals surface area contributed by atoms with Crippen molar-refractivity contribution >= 4 is 17.3 Å². The third-order valence-electron chi connectivity index (χ3n) is 4.20. The molecule has 5 nitrogen and oxygen atoms in total. The molecule has 0 aliphatic heterocycles. The first kappa shape index (κ1) is 16.2. The van der Waals surface area contributed by atoms with Crippen LogP contribution in [0.25, 0.3) is 27.5 Å². The first-order chi connectivity index (χ1) is 12.6. The fourth-order valence-corrected chi connectivity index (χ4v) is 3.61. The average Bonchev–Trinajstić information content (AvgIpc) is 3.29. The highest BCUT2D eigenvalue weighted by atomic mass is 32.1. The maximum absolute atomic E-state index is 11.2. The predicted molar refractivity (Wildman–Crippen MR) is 102 cm³/mol. The van der Waals surface area contributed by atoms with Crippen LogP contribution in [0.5, 0.6) is 0 Å². The Morgan fingerprint density at radius 1 is 1.00 bits per heavy atom. The van der Waals surface area contributed by atoms with Crippen molar-refractivity contribution in [2.24, 2.45) is 0 Å². The van der Waals surface area contributed by atoms with Crippen LogP contribution in [0.2, 0.25) is 0 Å². The van der Waals surface area contributed by atoms with E-state index in [4.69, 9.17) is 5.11 Å². The number of carboxylic acids is 1. The van der Waals surface area contributed by atoms with E-state index in [0.717, 1.165) is 16.8 Å². The van der Waals surface area contributed by atoms with Gasteiger partial charge in [-0.2, -0.15) is 5.10 Å². The maximum atomic E-state index is 11.2. The van der Waals surface area contributed by atoms with Crippen LogP contribution in [-0.4, -0.2) is 25.8 Å². The first-order valence-electron chi connectivity index (χ1n) is 8.03. The number of aromatic carboxylic acids is 1. The highest BCUT2D eigenvalue weighted by Crippen LogP contribution is 2.27. The van der Waals surface area contributed by atoms with Gasteiger partial charge >= 0.3 is 5.97 Å². The second-order valence-corrected chi connectivity index (χ2v) is 6.66. The van der Waals surface area contributed by atoms with E-state index in [1.165, 1.54) is 23.1 Å². The van der Waals surface area contributed by atoms with E-state index >= 15 is 0 Å². The van der Waals surface area contributed by atoms with Crippen molar-refractivity contribution in [1.29, 1.82) is 0 Å². The molecule has 0 amide bonds. The fourth-order valence-electron chi connectivity index (χ4n) is 2.77. The van der Waals surface area contributed by atoms with Crippen molar-refractivity contribution in [3.63, 3.8) is 0 Å². The van der Waals surface area contributed by atoms with Crippen LogP contribution in [0.1, 0.15) is 16.1 Å². The summed E-state index contributed by atoms with van der Waals surface area (Å²) in [6, 6.07) is 18.4. The normalized spacial score (nSPS) is 10.8. The van der Waals surface area contributed by atoms with Gasteiger partial charge in [0.25, 0.3) is 0 Å². The number of hydrogen-bond donors (Lipinski definition) is 1. The number of thiazole rings is 1. The van der Waals surface area contributed by atoms with Gasteiger partial charge < -0.3 is 5.11 Å². The Morgan fingerprint density at radius 2 is 1.65 bits per heavy atom. The van der Waals surface area contributed by atoms with Crippen molar-refractivity contribution in [3.05, 3.63) is 77.4 Å². The molecule has 0 saturated carbocycles. The third-order valence-corrected chi connectivity index (χ3v) is 5.02. The summed E-state index contributed by atoms with van der Waals surface area (Å²) < 4.78 is 1.57. The molecule has 0 radical (unpaired) electrons. The second kappa shape index (κ2) is 6.57. The van der Waals surface area contributed by atoms with E-state index in [2.05, 4.69) is 34.3 Å². The van der Waals surface area contributed by atoms with Gasteiger partial charge in [0, 0.05) is 10.9 Å². The van der Waals surface area contributed by atoms with Gasteiger partial charge in [0.2, 0.25) is 5.13 Å². The lowest BCUT2D eigenvalue weighted by Crippen LogP contribution is -2.02. The molecular weight excluding hydrogens is 346 g/mol. The minimum absolute atomic E-state index is 0.189. The zero-order chi connectivity index (χ0) is 18.1. The van der Waals surface area contributed by atoms with E-state index in [-0.39, 0.29) is 5.56 Å². The van der Waals surface area contributed by atoms with Crippen molar-refractivity contribution in [1.82, 2.24) is 14.8 Å². The Hall–Kier alpha value is -3.25. The number of hydrogen-bond acceptors (Lipinski definition) is 4. The van der Waals surface area contributed by atoms with E-state index in [0.29, 0.717) is 10.8 Å². The summed E-state index contributed by atoms with van der Waals surface area (Å²) in [6.45, 7) is 1.73. The topological polar surface area (TPSA) is 68.0 Å². The molecular formula is C20H15N3O2S. The number of benzene rings is 2. The number of carboxylic acid groups (broad SMARTS) is 1. The molecule has 4 rings (SSSR count). The molecule has 2 aromatic heterocycles. The van der Waals surface area contributed by atoms with E-state index in [1.807, 2.05) is 35.7 Å². The molecule has 4 aromatic rings. The Morgan fingerprint density at radius 3 is 2.31 bits per heavy atom. The van der Waals surface area contributed by atoms with Crippen molar-refractivity contribution < 1.29 is 9.90 Å². The first-order valence-corrected chi connectivity index (χ1v) is 8.91. The van der Waals surface area contributed by atoms with Crippen LogP contribution in [-0.2, 0) is 0 Å². The van der Waals surface area contributed by atoms with Crippen molar-refractivity contribution in [2.75, 3.05) is 0 Å². The highest BCUT2D eigenvalue weighted by molar-refractivity contribution is 7.12. The molecule has 0 spiro atoms. The quantitative estimate of drug-likeness (QED) is 0.573. The lowest BCUT2D eigenvalue weighted by atomic mass is 10.0. The van der Waals surface area contributed by atoms with Crippen molar-refractivity contribution in [3.8, 4) is 27.5 Å². The fraction of sp³-hybridized carbons (Fsp3) is 0.0500. The zero-order valence-corrected chi connectivity index (χ0v) is 14.8.